The Labute approximate surface area is 82.5 Å². The summed E-state index contributed by atoms with van der Waals surface area (Å²) in [5, 5.41) is 6.93. The minimum atomic E-state index is 0.749. The lowest BCUT2D eigenvalue weighted by Gasteiger charge is -1.93. The molecule has 0 fully saturated rings. The number of hydrogen-bond acceptors (Lipinski definition) is 5. The van der Waals surface area contributed by atoms with Crippen LogP contribution < -0.4 is 5.32 Å². The van der Waals surface area contributed by atoms with Crippen molar-refractivity contribution >= 4 is 11.8 Å². The van der Waals surface area contributed by atoms with Gasteiger partial charge in [-0.1, -0.05) is 5.16 Å². The summed E-state index contributed by atoms with van der Waals surface area (Å²) < 4.78 is 5.06. The molecule has 1 aromatic heterocycles. The molecule has 0 atom stereocenters. The molecule has 1 heterocycles. The molecule has 1 aromatic rings. The van der Waals surface area contributed by atoms with E-state index in [1.807, 2.05) is 13.3 Å². The molecule has 1 N–H and O–H groups in total. The molecule has 0 bridgehead atoms. The maximum Gasteiger partial charge on any atom is 0.226 e. The number of aryl methyl sites for hydroxylation is 1. The number of aromatic nitrogens is 2. The molecule has 0 spiro atoms. The summed E-state index contributed by atoms with van der Waals surface area (Å²) in [5.74, 6) is 2.38. The maximum absolute atomic E-state index is 5.06. The molecule has 0 saturated carbocycles. The van der Waals surface area contributed by atoms with Gasteiger partial charge in [-0.25, -0.2) is 0 Å². The Morgan fingerprint density at radius 1 is 1.54 bits per heavy atom. The first-order valence-electron chi connectivity index (χ1n) is 4.32. The highest BCUT2D eigenvalue weighted by Gasteiger charge is 2.04. The molecule has 0 aliphatic heterocycles. The van der Waals surface area contributed by atoms with E-state index in [4.69, 9.17) is 4.52 Å². The lowest BCUT2D eigenvalue weighted by atomic mass is 10.3. The van der Waals surface area contributed by atoms with Crippen molar-refractivity contribution in [3.8, 4) is 0 Å². The Morgan fingerprint density at radius 2 is 2.38 bits per heavy atom. The molecule has 0 aromatic carbocycles. The van der Waals surface area contributed by atoms with E-state index < -0.39 is 0 Å². The van der Waals surface area contributed by atoms with Gasteiger partial charge in [0.15, 0.2) is 5.82 Å². The van der Waals surface area contributed by atoms with Crippen molar-refractivity contribution in [3.63, 3.8) is 0 Å². The topological polar surface area (TPSA) is 51.0 Å². The van der Waals surface area contributed by atoms with Gasteiger partial charge < -0.3 is 9.84 Å². The van der Waals surface area contributed by atoms with Gasteiger partial charge in [0.25, 0.3) is 0 Å². The summed E-state index contributed by atoms with van der Waals surface area (Å²) in [5.41, 5.74) is 0. The van der Waals surface area contributed by atoms with Crippen molar-refractivity contribution in [2.75, 3.05) is 19.8 Å². The molecule has 0 amide bonds. The van der Waals surface area contributed by atoms with E-state index in [-0.39, 0.29) is 0 Å². The van der Waals surface area contributed by atoms with Crippen molar-refractivity contribution in [2.24, 2.45) is 0 Å². The molecular formula is C8H15N3OS. The monoisotopic (exact) mass is 201 g/mol. The van der Waals surface area contributed by atoms with E-state index >= 15 is 0 Å². The van der Waals surface area contributed by atoms with Crippen LogP contribution in [-0.2, 0) is 12.2 Å². The van der Waals surface area contributed by atoms with E-state index in [1.54, 1.807) is 11.8 Å². The first kappa shape index (κ1) is 10.5. The Morgan fingerprint density at radius 3 is 3.08 bits per heavy atom. The highest BCUT2D eigenvalue weighted by atomic mass is 32.2. The normalized spacial score (nSPS) is 10.6. The molecule has 0 unspecified atom stereocenters. The molecule has 0 radical (unpaired) electrons. The smallest absolute Gasteiger partial charge is 0.226 e. The van der Waals surface area contributed by atoms with E-state index in [2.05, 4.69) is 15.5 Å². The summed E-state index contributed by atoms with van der Waals surface area (Å²) in [6, 6.07) is 0. The van der Waals surface area contributed by atoms with E-state index in [1.165, 1.54) is 0 Å². The zero-order valence-electron chi connectivity index (χ0n) is 8.04. The Hall–Kier alpha value is -0.550. The van der Waals surface area contributed by atoms with Crippen LogP contribution in [0, 0.1) is 0 Å². The minimum Gasteiger partial charge on any atom is -0.339 e. The average molecular weight is 201 g/mol. The molecule has 0 aliphatic carbocycles. The molecule has 0 aliphatic rings. The molecule has 1 rings (SSSR count). The molecule has 74 valence electrons. The van der Waals surface area contributed by atoms with Gasteiger partial charge >= 0.3 is 0 Å². The van der Waals surface area contributed by atoms with Gasteiger partial charge in [0, 0.05) is 6.42 Å². The lowest BCUT2D eigenvalue weighted by Crippen LogP contribution is -2.08. The molecule has 4 nitrogen and oxygen atoms in total. The Bertz CT molecular complexity index is 239. The quantitative estimate of drug-likeness (QED) is 0.698. The van der Waals surface area contributed by atoms with Crippen LogP contribution in [0.3, 0.4) is 0 Å². The zero-order chi connectivity index (χ0) is 9.52. The van der Waals surface area contributed by atoms with Crippen LogP contribution >= 0.6 is 11.8 Å². The van der Waals surface area contributed by atoms with Crippen LogP contribution in [0.25, 0.3) is 0 Å². The van der Waals surface area contributed by atoms with E-state index in [9.17, 15) is 0 Å². The fraction of sp³-hybridized carbons (Fsp3) is 0.750. The van der Waals surface area contributed by atoms with Crippen LogP contribution in [-0.4, -0.2) is 30.0 Å². The van der Waals surface area contributed by atoms with Crippen molar-refractivity contribution in [3.05, 3.63) is 11.7 Å². The third kappa shape index (κ3) is 3.78. The van der Waals surface area contributed by atoms with Crippen LogP contribution in [0.5, 0.6) is 0 Å². The van der Waals surface area contributed by atoms with Crippen LogP contribution in [0.15, 0.2) is 4.52 Å². The second-order valence-electron chi connectivity index (χ2n) is 2.74. The molecular weight excluding hydrogens is 186 g/mol. The maximum atomic E-state index is 5.06. The summed E-state index contributed by atoms with van der Waals surface area (Å²) in [4.78, 5) is 4.25. The number of nitrogens with one attached hydrogen (secondary N) is 1. The van der Waals surface area contributed by atoms with E-state index in [0.717, 1.165) is 36.9 Å². The number of nitrogens with zero attached hydrogens (tertiary/aromatic N) is 2. The lowest BCUT2D eigenvalue weighted by molar-refractivity contribution is 0.371. The van der Waals surface area contributed by atoms with E-state index in [0.29, 0.717) is 0 Å². The average Bonchev–Trinajstić information content (AvgIpc) is 2.54. The van der Waals surface area contributed by atoms with Gasteiger partial charge in [0.05, 0.1) is 5.75 Å². The molecule has 5 heteroatoms. The van der Waals surface area contributed by atoms with Gasteiger partial charge in [-0.2, -0.15) is 16.7 Å². The third-order valence-electron chi connectivity index (χ3n) is 1.60. The van der Waals surface area contributed by atoms with Crippen LogP contribution in [0.1, 0.15) is 18.1 Å². The minimum absolute atomic E-state index is 0.749. The van der Waals surface area contributed by atoms with Crippen LogP contribution in [0.2, 0.25) is 0 Å². The SMILES string of the molecule is CNCCCc1nc(CSC)no1. The standard InChI is InChI=1S/C8H15N3OS/c1-9-5-3-4-8-10-7(6-13-2)11-12-8/h9H,3-6H2,1-2H3. The zero-order valence-corrected chi connectivity index (χ0v) is 8.86. The molecule has 0 saturated heterocycles. The first-order valence-corrected chi connectivity index (χ1v) is 5.71. The summed E-state index contributed by atoms with van der Waals surface area (Å²) in [6.45, 7) is 0.986. The van der Waals surface area contributed by atoms with Gasteiger partial charge in [-0.3, -0.25) is 0 Å². The second kappa shape index (κ2) is 5.99. The van der Waals surface area contributed by atoms with Crippen molar-refractivity contribution in [2.45, 2.75) is 18.6 Å². The van der Waals surface area contributed by atoms with Gasteiger partial charge in [0.2, 0.25) is 5.89 Å². The highest BCUT2D eigenvalue weighted by molar-refractivity contribution is 7.97. The van der Waals surface area contributed by atoms with Crippen molar-refractivity contribution in [1.29, 1.82) is 0 Å². The second-order valence-corrected chi connectivity index (χ2v) is 3.61. The number of hydrogen-bond donors (Lipinski definition) is 1. The predicted octanol–water partition coefficient (Wildman–Crippen LogP) is 1.08. The van der Waals surface area contributed by atoms with Gasteiger partial charge in [0.1, 0.15) is 0 Å². The Balaban J connectivity index is 2.31. The van der Waals surface area contributed by atoms with Gasteiger partial charge in [-0.15, -0.1) is 0 Å². The van der Waals surface area contributed by atoms with Gasteiger partial charge in [-0.05, 0) is 26.3 Å². The fourth-order valence-corrected chi connectivity index (χ4v) is 1.37. The number of rotatable bonds is 6. The Kier molecular flexibility index (Phi) is 4.85. The number of thioether (sulfide) groups is 1. The highest BCUT2D eigenvalue weighted by Crippen LogP contribution is 2.06. The van der Waals surface area contributed by atoms with Crippen molar-refractivity contribution < 1.29 is 4.52 Å². The summed E-state index contributed by atoms with van der Waals surface area (Å²) in [6.07, 6.45) is 3.93. The first-order chi connectivity index (χ1) is 6.36. The van der Waals surface area contributed by atoms with Crippen molar-refractivity contribution in [1.82, 2.24) is 15.5 Å². The third-order valence-corrected chi connectivity index (χ3v) is 2.15. The molecule has 13 heavy (non-hydrogen) atoms. The largest absolute Gasteiger partial charge is 0.339 e. The summed E-state index contributed by atoms with van der Waals surface area (Å²) in [7, 11) is 1.94. The predicted molar refractivity (Wildman–Crippen MR) is 53.8 cm³/mol. The summed E-state index contributed by atoms with van der Waals surface area (Å²) >= 11 is 1.70. The fourth-order valence-electron chi connectivity index (χ4n) is 0.996. The van der Waals surface area contributed by atoms with Crippen LogP contribution in [0.4, 0.5) is 0 Å².